The normalized spacial score (nSPS) is 11.8. The van der Waals surface area contributed by atoms with E-state index in [0.717, 1.165) is 5.69 Å². The number of fused-ring (bicyclic) bond motifs is 7. The molecule has 0 saturated heterocycles. The SMILES string of the molecule is c1ccc(-c2ccc(-n3ccc4c3ccc3c5ccccc5n(-c5c6ccccc6cc6ccccc56)c34)cc2)cc1. The molecule has 7 aromatic carbocycles. The van der Waals surface area contributed by atoms with Crippen LogP contribution in [0.2, 0.25) is 0 Å². The number of benzene rings is 7. The molecule has 2 heterocycles. The van der Waals surface area contributed by atoms with Crippen molar-refractivity contribution in [2.24, 2.45) is 0 Å². The lowest BCUT2D eigenvalue weighted by Gasteiger charge is -2.16. The van der Waals surface area contributed by atoms with Crippen LogP contribution in [0.1, 0.15) is 0 Å². The van der Waals surface area contributed by atoms with Gasteiger partial charge in [0, 0.05) is 38.8 Å². The van der Waals surface area contributed by atoms with E-state index in [0.29, 0.717) is 0 Å². The molecule has 196 valence electrons. The lowest BCUT2D eigenvalue weighted by atomic mass is 10.0. The molecule has 0 bridgehead atoms. The lowest BCUT2D eigenvalue weighted by molar-refractivity contribution is 1.13. The zero-order chi connectivity index (χ0) is 27.6. The van der Waals surface area contributed by atoms with Crippen LogP contribution >= 0.6 is 0 Å². The predicted molar refractivity (Wildman–Crippen MR) is 178 cm³/mol. The summed E-state index contributed by atoms with van der Waals surface area (Å²) in [4.78, 5) is 0. The van der Waals surface area contributed by atoms with E-state index in [1.165, 1.54) is 71.1 Å². The maximum atomic E-state index is 2.51. The molecule has 0 saturated carbocycles. The zero-order valence-corrected chi connectivity index (χ0v) is 22.9. The second-order valence-electron chi connectivity index (χ2n) is 11.0. The average Bonchev–Trinajstić information content (AvgIpc) is 3.64. The first-order valence-corrected chi connectivity index (χ1v) is 14.5. The highest BCUT2D eigenvalue weighted by Crippen LogP contribution is 2.41. The van der Waals surface area contributed by atoms with Crippen molar-refractivity contribution in [2.75, 3.05) is 0 Å². The van der Waals surface area contributed by atoms with E-state index in [4.69, 9.17) is 0 Å². The first-order valence-electron chi connectivity index (χ1n) is 14.5. The number of hydrogen-bond acceptors (Lipinski definition) is 0. The van der Waals surface area contributed by atoms with Crippen molar-refractivity contribution in [3.05, 3.63) is 158 Å². The standard InChI is InChI=1S/C40H26N2/c1-2-10-27(11-3-1)28-18-20-31(21-19-28)41-25-24-36-37(41)23-22-35-34-16-8-9-17-38(34)42(40(35)36)39-32-14-6-4-12-29(32)26-30-13-5-7-15-33(30)39/h1-26H. The summed E-state index contributed by atoms with van der Waals surface area (Å²) < 4.78 is 4.83. The topological polar surface area (TPSA) is 9.86 Å². The van der Waals surface area contributed by atoms with E-state index < -0.39 is 0 Å². The van der Waals surface area contributed by atoms with Crippen LogP contribution in [0.25, 0.3) is 76.8 Å². The molecule has 42 heavy (non-hydrogen) atoms. The van der Waals surface area contributed by atoms with Crippen molar-refractivity contribution in [1.29, 1.82) is 0 Å². The fourth-order valence-electron chi connectivity index (χ4n) is 6.81. The second-order valence-corrected chi connectivity index (χ2v) is 11.0. The van der Waals surface area contributed by atoms with Gasteiger partial charge in [-0.1, -0.05) is 115 Å². The molecule has 0 atom stereocenters. The number of aromatic nitrogens is 2. The Balaban J connectivity index is 1.36. The maximum Gasteiger partial charge on any atom is 0.0635 e. The monoisotopic (exact) mass is 534 g/mol. The Labute approximate surface area is 243 Å². The van der Waals surface area contributed by atoms with Gasteiger partial charge in [-0.15, -0.1) is 0 Å². The van der Waals surface area contributed by atoms with E-state index in [9.17, 15) is 0 Å². The van der Waals surface area contributed by atoms with Gasteiger partial charge in [0.1, 0.15) is 0 Å². The van der Waals surface area contributed by atoms with E-state index in [2.05, 4.69) is 167 Å². The third-order valence-corrected chi connectivity index (χ3v) is 8.72. The van der Waals surface area contributed by atoms with Crippen molar-refractivity contribution in [1.82, 2.24) is 9.13 Å². The minimum absolute atomic E-state index is 1.15. The number of hydrogen-bond donors (Lipinski definition) is 0. The largest absolute Gasteiger partial charge is 0.316 e. The number of nitrogens with zero attached hydrogens (tertiary/aromatic N) is 2. The minimum Gasteiger partial charge on any atom is -0.316 e. The molecule has 0 N–H and O–H groups in total. The van der Waals surface area contributed by atoms with Gasteiger partial charge in [0.05, 0.1) is 22.2 Å². The quantitative estimate of drug-likeness (QED) is 0.200. The fraction of sp³-hybridized carbons (Fsp3) is 0. The summed E-state index contributed by atoms with van der Waals surface area (Å²) in [6, 6.07) is 55.0. The van der Waals surface area contributed by atoms with Crippen LogP contribution in [0.3, 0.4) is 0 Å². The highest BCUT2D eigenvalue weighted by molar-refractivity contribution is 6.21. The Kier molecular flexibility index (Phi) is 4.93. The van der Waals surface area contributed by atoms with Crippen LogP contribution < -0.4 is 0 Å². The van der Waals surface area contributed by atoms with Gasteiger partial charge in [-0.25, -0.2) is 0 Å². The molecule has 0 aliphatic rings. The first kappa shape index (κ1) is 23.1. The average molecular weight is 535 g/mol. The van der Waals surface area contributed by atoms with E-state index in [1.54, 1.807) is 0 Å². The molecule has 2 aromatic heterocycles. The van der Waals surface area contributed by atoms with Gasteiger partial charge in [0.2, 0.25) is 0 Å². The summed E-state index contributed by atoms with van der Waals surface area (Å²) >= 11 is 0. The summed E-state index contributed by atoms with van der Waals surface area (Å²) in [7, 11) is 0. The lowest BCUT2D eigenvalue weighted by Crippen LogP contribution is -1.98. The summed E-state index contributed by atoms with van der Waals surface area (Å²) in [6.45, 7) is 0. The highest BCUT2D eigenvalue weighted by atomic mass is 15.0. The van der Waals surface area contributed by atoms with E-state index in [-0.39, 0.29) is 0 Å². The van der Waals surface area contributed by atoms with Crippen LogP contribution in [0.5, 0.6) is 0 Å². The first-order chi connectivity index (χ1) is 20.8. The van der Waals surface area contributed by atoms with Gasteiger partial charge < -0.3 is 9.13 Å². The Morgan fingerprint density at radius 1 is 0.381 bits per heavy atom. The smallest absolute Gasteiger partial charge is 0.0635 e. The molecule has 0 amide bonds. The molecule has 0 unspecified atom stereocenters. The van der Waals surface area contributed by atoms with Crippen LogP contribution in [-0.4, -0.2) is 9.13 Å². The summed E-state index contributed by atoms with van der Waals surface area (Å²) in [5.74, 6) is 0. The third kappa shape index (κ3) is 3.33. The molecule has 9 rings (SSSR count). The van der Waals surface area contributed by atoms with Crippen molar-refractivity contribution in [3.63, 3.8) is 0 Å². The summed E-state index contributed by atoms with van der Waals surface area (Å²) in [5.41, 5.74) is 8.51. The highest BCUT2D eigenvalue weighted by Gasteiger charge is 2.20. The van der Waals surface area contributed by atoms with Gasteiger partial charge in [-0.2, -0.15) is 0 Å². The fourth-order valence-corrected chi connectivity index (χ4v) is 6.81. The van der Waals surface area contributed by atoms with Crippen LogP contribution in [-0.2, 0) is 0 Å². The summed E-state index contributed by atoms with van der Waals surface area (Å²) in [6.07, 6.45) is 2.21. The zero-order valence-electron chi connectivity index (χ0n) is 22.9. The third-order valence-electron chi connectivity index (χ3n) is 8.72. The van der Waals surface area contributed by atoms with Crippen molar-refractivity contribution in [2.45, 2.75) is 0 Å². The Morgan fingerprint density at radius 2 is 1.00 bits per heavy atom. The van der Waals surface area contributed by atoms with Crippen molar-refractivity contribution in [3.8, 4) is 22.5 Å². The van der Waals surface area contributed by atoms with Gasteiger partial charge in [-0.3, -0.25) is 0 Å². The molecule has 0 fully saturated rings. The predicted octanol–water partition coefficient (Wildman–Crippen LogP) is 10.7. The minimum atomic E-state index is 1.15. The molecule has 9 aromatic rings. The van der Waals surface area contributed by atoms with Gasteiger partial charge in [0.15, 0.2) is 0 Å². The molecule has 2 heteroatoms. The van der Waals surface area contributed by atoms with Crippen LogP contribution in [0.4, 0.5) is 0 Å². The molecular weight excluding hydrogens is 508 g/mol. The molecular formula is C40H26N2. The van der Waals surface area contributed by atoms with Crippen molar-refractivity contribution >= 4 is 54.3 Å². The number of rotatable bonds is 3. The molecule has 0 aliphatic heterocycles. The number of para-hydroxylation sites is 1. The van der Waals surface area contributed by atoms with Crippen LogP contribution in [0.15, 0.2) is 158 Å². The Hall–Kier alpha value is -5.60. The van der Waals surface area contributed by atoms with Gasteiger partial charge in [0.25, 0.3) is 0 Å². The Morgan fingerprint density at radius 3 is 1.74 bits per heavy atom. The second kappa shape index (κ2) is 8.95. The van der Waals surface area contributed by atoms with E-state index in [1.807, 2.05) is 0 Å². The van der Waals surface area contributed by atoms with E-state index >= 15 is 0 Å². The summed E-state index contributed by atoms with van der Waals surface area (Å²) in [5, 5.41) is 8.80. The van der Waals surface area contributed by atoms with Gasteiger partial charge >= 0.3 is 0 Å². The van der Waals surface area contributed by atoms with Crippen molar-refractivity contribution < 1.29 is 0 Å². The maximum absolute atomic E-state index is 2.51. The molecule has 0 spiro atoms. The molecule has 0 radical (unpaired) electrons. The Bertz CT molecular complexity index is 2390. The molecule has 0 aliphatic carbocycles. The van der Waals surface area contributed by atoms with Crippen LogP contribution in [0, 0.1) is 0 Å². The molecule has 2 nitrogen and oxygen atoms in total. The van der Waals surface area contributed by atoms with Gasteiger partial charge in [-0.05, 0) is 58.3 Å².